The van der Waals surface area contributed by atoms with Crippen LogP contribution in [0.2, 0.25) is 0 Å². The number of esters is 1. The highest BCUT2D eigenvalue weighted by Gasteiger charge is 2.11. The number of hydrogen-bond donors (Lipinski definition) is 2. The summed E-state index contributed by atoms with van der Waals surface area (Å²) in [6.45, 7) is 2.04. The molecular formula is C16H16N2O3. The number of aromatic nitrogens is 1. The number of nitrogens with one attached hydrogen (secondary N) is 2. The van der Waals surface area contributed by atoms with Crippen molar-refractivity contribution in [3.05, 3.63) is 59.9 Å². The van der Waals surface area contributed by atoms with Gasteiger partial charge in [-0.25, -0.2) is 4.79 Å². The first-order chi connectivity index (χ1) is 10.2. The zero-order chi connectivity index (χ0) is 15.1. The van der Waals surface area contributed by atoms with Crippen LogP contribution in [-0.4, -0.2) is 23.5 Å². The average Bonchev–Trinajstić information content (AvgIpc) is 2.95. The van der Waals surface area contributed by atoms with E-state index in [1.807, 2.05) is 18.2 Å². The molecule has 2 N–H and O–H groups in total. The van der Waals surface area contributed by atoms with E-state index >= 15 is 0 Å². The predicted molar refractivity (Wildman–Crippen MR) is 80.9 cm³/mol. The van der Waals surface area contributed by atoms with Gasteiger partial charge in [0.2, 0.25) is 5.91 Å². The summed E-state index contributed by atoms with van der Waals surface area (Å²) in [5, 5.41) is 2.73. The summed E-state index contributed by atoms with van der Waals surface area (Å²) in [6, 6.07) is 10.8. The first-order valence-electron chi connectivity index (χ1n) is 6.59. The summed E-state index contributed by atoms with van der Waals surface area (Å²) >= 11 is 0. The van der Waals surface area contributed by atoms with Crippen LogP contribution in [-0.2, 0) is 9.53 Å². The number of carbonyl (C=O) groups is 2. The van der Waals surface area contributed by atoms with E-state index in [4.69, 9.17) is 4.74 Å². The lowest BCUT2D eigenvalue weighted by atomic mass is 10.2. The molecule has 0 radical (unpaired) electrons. The minimum absolute atomic E-state index is 0.266. The van der Waals surface area contributed by atoms with Crippen LogP contribution >= 0.6 is 0 Å². The monoisotopic (exact) mass is 284 g/mol. The van der Waals surface area contributed by atoms with Gasteiger partial charge in [-0.2, -0.15) is 0 Å². The minimum Gasteiger partial charge on any atom is -0.461 e. The zero-order valence-electron chi connectivity index (χ0n) is 11.6. The molecule has 0 bridgehead atoms. The van der Waals surface area contributed by atoms with Crippen LogP contribution in [0.15, 0.2) is 48.7 Å². The number of rotatable bonds is 5. The number of carbonyl (C=O) groups excluding carboxylic acids is 2. The molecule has 0 atom stereocenters. The summed E-state index contributed by atoms with van der Waals surface area (Å²) in [5.74, 6) is -0.706. The fraction of sp³-hybridized carbons (Fsp3) is 0.125. The molecule has 1 amide bonds. The number of aromatic amines is 1. The maximum absolute atomic E-state index is 11.8. The van der Waals surface area contributed by atoms with Crippen molar-refractivity contribution in [3.63, 3.8) is 0 Å². The Bertz CT molecular complexity index is 645. The van der Waals surface area contributed by atoms with Gasteiger partial charge in [0.15, 0.2) is 0 Å². The van der Waals surface area contributed by atoms with Crippen molar-refractivity contribution in [2.45, 2.75) is 6.92 Å². The van der Waals surface area contributed by atoms with Crippen molar-refractivity contribution < 1.29 is 14.3 Å². The predicted octanol–water partition coefficient (Wildman–Crippen LogP) is 2.84. The molecule has 1 aromatic carbocycles. The zero-order valence-corrected chi connectivity index (χ0v) is 11.6. The molecule has 21 heavy (non-hydrogen) atoms. The van der Waals surface area contributed by atoms with Crippen molar-refractivity contribution in [1.82, 2.24) is 4.98 Å². The SMILES string of the molecule is CCOC(=O)c1[nH]ccc1/C=C/C(=O)Nc1ccccc1. The number of anilines is 1. The maximum atomic E-state index is 11.8. The van der Waals surface area contributed by atoms with Crippen molar-refractivity contribution in [2.75, 3.05) is 11.9 Å². The van der Waals surface area contributed by atoms with Crippen LogP contribution < -0.4 is 5.32 Å². The van der Waals surface area contributed by atoms with Gasteiger partial charge in [-0.3, -0.25) is 4.79 Å². The molecule has 0 fully saturated rings. The second-order valence-electron chi connectivity index (χ2n) is 4.22. The van der Waals surface area contributed by atoms with Crippen LogP contribution in [0.5, 0.6) is 0 Å². The van der Waals surface area contributed by atoms with Gasteiger partial charge in [0.05, 0.1) is 6.61 Å². The summed E-state index contributed by atoms with van der Waals surface area (Å²) < 4.78 is 4.92. The van der Waals surface area contributed by atoms with Gasteiger partial charge < -0.3 is 15.0 Å². The molecule has 2 aromatic rings. The summed E-state index contributed by atoms with van der Waals surface area (Å²) in [7, 11) is 0. The van der Waals surface area contributed by atoms with E-state index in [1.54, 1.807) is 37.4 Å². The first-order valence-corrected chi connectivity index (χ1v) is 6.59. The van der Waals surface area contributed by atoms with Gasteiger partial charge in [-0.05, 0) is 31.2 Å². The highest BCUT2D eigenvalue weighted by molar-refractivity contribution is 6.03. The highest BCUT2D eigenvalue weighted by Crippen LogP contribution is 2.11. The molecule has 0 aliphatic carbocycles. The quantitative estimate of drug-likeness (QED) is 0.655. The van der Waals surface area contributed by atoms with Crippen molar-refractivity contribution in [3.8, 4) is 0 Å². The van der Waals surface area contributed by atoms with Gasteiger partial charge >= 0.3 is 5.97 Å². The van der Waals surface area contributed by atoms with E-state index in [0.717, 1.165) is 0 Å². The van der Waals surface area contributed by atoms with E-state index in [9.17, 15) is 9.59 Å². The third-order valence-corrected chi connectivity index (χ3v) is 2.71. The van der Waals surface area contributed by atoms with Gasteiger partial charge in [0, 0.05) is 23.5 Å². The number of H-pyrrole nitrogens is 1. The summed E-state index contributed by atoms with van der Waals surface area (Å²) in [6.07, 6.45) is 4.57. The molecule has 5 heteroatoms. The Hall–Kier alpha value is -2.82. The number of benzene rings is 1. The van der Waals surface area contributed by atoms with E-state index in [-0.39, 0.29) is 5.91 Å². The normalized spacial score (nSPS) is 10.5. The molecule has 1 heterocycles. The van der Waals surface area contributed by atoms with Gasteiger partial charge in [-0.1, -0.05) is 18.2 Å². The largest absolute Gasteiger partial charge is 0.461 e. The Balaban J connectivity index is 2.03. The standard InChI is InChI=1S/C16H16N2O3/c1-2-21-16(20)15-12(10-11-17-15)8-9-14(19)18-13-6-4-3-5-7-13/h3-11,17H,2H2,1H3,(H,18,19)/b9-8+. The van der Waals surface area contributed by atoms with Crippen LogP contribution in [0.4, 0.5) is 5.69 Å². The third kappa shape index (κ3) is 4.07. The van der Waals surface area contributed by atoms with Gasteiger partial charge in [0.25, 0.3) is 0 Å². The molecular weight excluding hydrogens is 268 g/mol. The van der Waals surface area contributed by atoms with Crippen LogP contribution in [0, 0.1) is 0 Å². The molecule has 0 aliphatic heterocycles. The molecule has 1 aromatic heterocycles. The number of hydrogen-bond acceptors (Lipinski definition) is 3. The van der Waals surface area contributed by atoms with Gasteiger partial charge in [-0.15, -0.1) is 0 Å². The maximum Gasteiger partial charge on any atom is 0.355 e. The van der Waals surface area contributed by atoms with E-state index < -0.39 is 5.97 Å². The number of ether oxygens (including phenoxy) is 1. The lowest BCUT2D eigenvalue weighted by Gasteiger charge is -2.02. The molecule has 0 saturated heterocycles. The highest BCUT2D eigenvalue weighted by atomic mass is 16.5. The molecule has 0 aliphatic rings. The fourth-order valence-corrected chi connectivity index (χ4v) is 1.77. The van der Waals surface area contributed by atoms with Crippen LogP contribution in [0.3, 0.4) is 0 Å². The molecule has 5 nitrogen and oxygen atoms in total. The Kier molecular flexibility index (Phi) is 4.93. The second kappa shape index (κ2) is 7.09. The summed E-state index contributed by atoms with van der Waals surface area (Å²) in [4.78, 5) is 26.3. The number of amides is 1. The van der Waals surface area contributed by atoms with Crippen LogP contribution in [0.1, 0.15) is 23.0 Å². The Morgan fingerprint density at radius 3 is 2.71 bits per heavy atom. The first kappa shape index (κ1) is 14.6. The lowest BCUT2D eigenvalue weighted by molar-refractivity contribution is -0.111. The molecule has 0 unspecified atom stereocenters. The molecule has 0 saturated carbocycles. The second-order valence-corrected chi connectivity index (χ2v) is 4.22. The van der Waals surface area contributed by atoms with Crippen molar-refractivity contribution in [2.24, 2.45) is 0 Å². The smallest absolute Gasteiger partial charge is 0.355 e. The number of para-hydroxylation sites is 1. The van der Waals surface area contributed by atoms with Crippen LogP contribution in [0.25, 0.3) is 6.08 Å². The molecule has 0 spiro atoms. The lowest BCUT2D eigenvalue weighted by Crippen LogP contribution is -2.08. The van der Waals surface area contributed by atoms with Crippen molar-refractivity contribution in [1.29, 1.82) is 0 Å². The fourth-order valence-electron chi connectivity index (χ4n) is 1.77. The Morgan fingerprint density at radius 2 is 2.00 bits per heavy atom. The third-order valence-electron chi connectivity index (χ3n) is 2.71. The van der Waals surface area contributed by atoms with E-state index in [0.29, 0.717) is 23.6 Å². The van der Waals surface area contributed by atoms with E-state index in [1.165, 1.54) is 6.08 Å². The minimum atomic E-state index is -0.439. The van der Waals surface area contributed by atoms with Crippen molar-refractivity contribution >= 4 is 23.6 Å². The van der Waals surface area contributed by atoms with Gasteiger partial charge in [0.1, 0.15) is 5.69 Å². The Morgan fingerprint density at radius 1 is 1.24 bits per heavy atom. The van der Waals surface area contributed by atoms with E-state index in [2.05, 4.69) is 10.3 Å². The molecule has 2 rings (SSSR count). The molecule has 108 valence electrons. The summed E-state index contributed by atoms with van der Waals surface area (Å²) in [5.41, 5.74) is 1.66. The topological polar surface area (TPSA) is 71.2 Å². The Labute approximate surface area is 122 Å². The average molecular weight is 284 g/mol.